The van der Waals surface area contributed by atoms with Gasteiger partial charge in [0.1, 0.15) is 11.6 Å². The number of ether oxygens (including phenoxy) is 1. The molecule has 2 aromatic carbocycles. The summed E-state index contributed by atoms with van der Waals surface area (Å²) in [7, 11) is 1.65. The number of amides is 1. The molecule has 2 heterocycles. The summed E-state index contributed by atoms with van der Waals surface area (Å²) in [6, 6.07) is 16.1. The Hall–Kier alpha value is -2.82. The summed E-state index contributed by atoms with van der Waals surface area (Å²) in [5.41, 5.74) is 3.05. The molecule has 182 valence electrons. The van der Waals surface area contributed by atoms with Crippen molar-refractivity contribution in [2.45, 2.75) is 83.6 Å². The number of hydrogen-bond acceptors (Lipinski definition) is 3. The molecule has 3 aromatic rings. The Kier molecular flexibility index (Phi) is 8.62. The van der Waals surface area contributed by atoms with Gasteiger partial charge in [-0.2, -0.15) is 0 Å². The molecule has 0 unspecified atom stereocenters. The van der Waals surface area contributed by atoms with Crippen LogP contribution in [0.25, 0.3) is 11.0 Å². The number of carbonyl (C=O) groups is 1. The van der Waals surface area contributed by atoms with Crippen LogP contribution in [0.3, 0.4) is 0 Å². The number of anilines is 1. The van der Waals surface area contributed by atoms with Crippen LogP contribution in [0.5, 0.6) is 5.75 Å². The number of hydrogen-bond donors (Lipinski definition) is 0. The lowest BCUT2D eigenvalue weighted by atomic mass is 10.1. The largest absolute Gasteiger partial charge is 0.495 e. The van der Waals surface area contributed by atoms with Gasteiger partial charge in [0.05, 0.1) is 23.8 Å². The van der Waals surface area contributed by atoms with Crippen LogP contribution in [0.2, 0.25) is 0 Å². The Morgan fingerprint density at radius 1 is 0.912 bits per heavy atom. The summed E-state index contributed by atoms with van der Waals surface area (Å²) in [4.78, 5) is 19.9. The first-order chi connectivity index (χ1) is 16.7. The van der Waals surface area contributed by atoms with Crippen molar-refractivity contribution in [3.63, 3.8) is 0 Å². The molecule has 0 aliphatic carbocycles. The van der Waals surface area contributed by atoms with Crippen LogP contribution in [0.1, 0.15) is 82.9 Å². The van der Waals surface area contributed by atoms with Gasteiger partial charge >= 0.3 is 0 Å². The average molecular weight is 462 g/mol. The number of imidazole rings is 1. The van der Waals surface area contributed by atoms with Crippen LogP contribution in [0.4, 0.5) is 5.69 Å². The molecule has 4 rings (SSSR count). The van der Waals surface area contributed by atoms with Crippen molar-refractivity contribution in [1.29, 1.82) is 0 Å². The van der Waals surface area contributed by atoms with Gasteiger partial charge in [0, 0.05) is 25.4 Å². The number of benzene rings is 2. The van der Waals surface area contributed by atoms with Crippen LogP contribution in [0.15, 0.2) is 48.5 Å². The lowest BCUT2D eigenvalue weighted by molar-refractivity contribution is -0.117. The van der Waals surface area contributed by atoms with Crippen LogP contribution in [-0.4, -0.2) is 29.1 Å². The SMILES string of the molecule is CCCCCCCCCCCn1c([C@@H]2CC(=O)N(c3ccccc3OC)C2)nc2ccccc21. The number of fused-ring (bicyclic) bond motifs is 1. The van der Waals surface area contributed by atoms with E-state index in [4.69, 9.17) is 9.72 Å². The Morgan fingerprint density at radius 3 is 2.35 bits per heavy atom. The topological polar surface area (TPSA) is 47.4 Å². The van der Waals surface area contributed by atoms with Gasteiger partial charge in [-0.15, -0.1) is 0 Å². The number of unbranched alkanes of at least 4 members (excludes halogenated alkanes) is 8. The molecule has 0 radical (unpaired) electrons. The third-order valence-electron chi connectivity index (χ3n) is 7.04. The highest BCUT2D eigenvalue weighted by Crippen LogP contribution is 2.37. The zero-order valence-electron chi connectivity index (χ0n) is 20.8. The first kappa shape index (κ1) is 24.3. The van der Waals surface area contributed by atoms with E-state index in [1.54, 1.807) is 7.11 Å². The molecular weight excluding hydrogens is 422 g/mol. The van der Waals surface area contributed by atoms with Crippen LogP contribution < -0.4 is 9.64 Å². The Labute approximate surface area is 204 Å². The number of para-hydroxylation sites is 4. The van der Waals surface area contributed by atoms with Crippen molar-refractivity contribution in [3.8, 4) is 5.75 Å². The number of nitrogens with zero attached hydrogens (tertiary/aromatic N) is 3. The van der Waals surface area contributed by atoms with E-state index >= 15 is 0 Å². The number of methoxy groups -OCH3 is 1. The van der Waals surface area contributed by atoms with Gasteiger partial charge in [0.25, 0.3) is 0 Å². The first-order valence-corrected chi connectivity index (χ1v) is 13.1. The lowest BCUT2D eigenvalue weighted by Gasteiger charge is -2.19. The van der Waals surface area contributed by atoms with Gasteiger partial charge in [-0.1, -0.05) is 82.6 Å². The molecule has 1 amide bonds. The molecule has 1 atom stereocenters. The third-order valence-corrected chi connectivity index (χ3v) is 7.04. The summed E-state index contributed by atoms with van der Waals surface area (Å²) >= 11 is 0. The second-order valence-electron chi connectivity index (χ2n) is 9.52. The maximum atomic E-state index is 13.0. The molecule has 1 aromatic heterocycles. The van der Waals surface area contributed by atoms with Crippen molar-refractivity contribution in [1.82, 2.24) is 9.55 Å². The minimum atomic E-state index is 0.0865. The summed E-state index contributed by atoms with van der Waals surface area (Å²) in [6.45, 7) is 3.87. The molecule has 5 nitrogen and oxygen atoms in total. The molecule has 1 aliphatic rings. The number of aromatic nitrogens is 2. The summed E-state index contributed by atoms with van der Waals surface area (Å²) in [5, 5.41) is 0. The highest BCUT2D eigenvalue weighted by molar-refractivity contribution is 5.97. The van der Waals surface area contributed by atoms with E-state index in [0.717, 1.165) is 35.7 Å². The summed E-state index contributed by atoms with van der Waals surface area (Å²) in [5.74, 6) is 2.01. The van der Waals surface area contributed by atoms with E-state index in [2.05, 4.69) is 29.7 Å². The molecule has 0 N–H and O–H groups in total. The first-order valence-electron chi connectivity index (χ1n) is 13.1. The second kappa shape index (κ2) is 12.0. The normalized spacial score (nSPS) is 16.0. The van der Waals surface area contributed by atoms with Crippen molar-refractivity contribution in [3.05, 3.63) is 54.4 Å². The highest BCUT2D eigenvalue weighted by Gasteiger charge is 2.35. The maximum Gasteiger partial charge on any atom is 0.227 e. The van der Waals surface area contributed by atoms with E-state index in [1.165, 1.54) is 56.9 Å². The molecule has 1 aliphatic heterocycles. The van der Waals surface area contributed by atoms with Gasteiger partial charge in [0.15, 0.2) is 0 Å². The molecule has 5 heteroatoms. The predicted molar refractivity (Wildman–Crippen MR) is 140 cm³/mol. The predicted octanol–water partition coefficient (Wildman–Crippen LogP) is 7.10. The van der Waals surface area contributed by atoms with Gasteiger partial charge in [-0.05, 0) is 30.7 Å². The number of aryl methyl sites for hydroxylation is 1. The van der Waals surface area contributed by atoms with Gasteiger partial charge in [-0.25, -0.2) is 4.98 Å². The zero-order valence-corrected chi connectivity index (χ0v) is 20.8. The molecule has 0 saturated carbocycles. The van der Waals surface area contributed by atoms with E-state index in [9.17, 15) is 4.79 Å². The summed E-state index contributed by atoms with van der Waals surface area (Å²) in [6.07, 6.45) is 12.3. The minimum absolute atomic E-state index is 0.0865. The molecule has 0 spiro atoms. The number of rotatable bonds is 13. The fourth-order valence-corrected chi connectivity index (χ4v) is 5.19. The van der Waals surface area contributed by atoms with Gasteiger partial charge in [-0.3, -0.25) is 4.79 Å². The Bertz CT molecular complexity index is 1070. The average Bonchev–Trinajstić information content (AvgIpc) is 3.43. The smallest absolute Gasteiger partial charge is 0.227 e. The third kappa shape index (κ3) is 5.63. The molecule has 0 bridgehead atoms. The van der Waals surface area contributed by atoms with E-state index in [-0.39, 0.29) is 11.8 Å². The molecule has 1 saturated heterocycles. The highest BCUT2D eigenvalue weighted by atomic mass is 16.5. The molecule has 34 heavy (non-hydrogen) atoms. The van der Waals surface area contributed by atoms with Gasteiger partial charge < -0.3 is 14.2 Å². The maximum absolute atomic E-state index is 13.0. The van der Waals surface area contributed by atoms with E-state index < -0.39 is 0 Å². The quantitative estimate of drug-likeness (QED) is 0.255. The zero-order chi connectivity index (χ0) is 23.8. The van der Waals surface area contributed by atoms with Crippen molar-refractivity contribution >= 4 is 22.6 Å². The van der Waals surface area contributed by atoms with Crippen LogP contribution in [0, 0.1) is 0 Å². The van der Waals surface area contributed by atoms with Crippen molar-refractivity contribution < 1.29 is 9.53 Å². The van der Waals surface area contributed by atoms with Crippen LogP contribution >= 0.6 is 0 Å². The molecule has 1 fully saturated rings. The fraction of sp³-hybridized carbons (Fsp3) is 0.517. The van der Waals surface area contributed by atoms with E-state index in [0.29, 0.717) is 13.0 Å². The molecular formula is C29H39N3O2. The number of carbonyl (C=O) groups excluding carboxylic acids is 1. The monoisotopic (exact) mass is 461 g/mol. The standard InChI is InChI=1S/C29H39N3O2/c1-3-4-5-6-7-8-9-10-15-20-31-25-17-12-11-16-24(25)30-29(31)23-21-28(33)32(22-23)26-18-13-14-19-27(26)34-2/h11-14,16-19,23H,3-10,15,20-22H2,1-2H3/t23-/m1/s1. The Balaban J connectivity index is 1.43. The van der Waals surface area contributed by atoms with Gasteiger partial charge in [0.2, 0.25) is 5.91 Å². The van der Waals surface area contributed by atoms with Crippen LogP contribution in [-0.2, 0) is 11.3 Å². The second-order valence-corrected chi connectivity index (χ2v) is 9.52. The lowest BCUT2D eigenvalue weighted by Crippen LogP contribution is -2.25. The summed E-state index contributed by atoms with van der Waals surface area (Å²) < 4.78 is 7.89. The van der Waals surface area contributed by atoms with Crippen molar-refractivity contribution in [2.24, 2.45) is 0 Å². The van der Waals surface area contributed by atoms with E-state index in [1.807, 2.05) is 35.2 Å². The fourth-order valence-electron chi connectivity index (χ4n) is 5.19. The Morgan fingerprint density at radius 2 is 1.59 bits per heavy atom. The minimum Gasteiger partial charge on any atom is -0.495 e. The van der Waals surface area contributed by atoms with Crippen molar-refractivity contribution in [2.75, 3.05) is 18.6 Å².